The number of aliphatic hydroxyl groups excluding tert-OH is 1. The van der Waals surface area contributed by atoms with Gasteiger partial charge in [0.1, 0.15) is 0 Å². The van der Waals surface area contributed by atoms with Gasteiger partial charge in [-0.25, -0.2) is 0 Å². The van der Waals surface area contributed by atoms with E-state index in [1.165, 1.54) is 0 Å². The van der Waals surface area contributed by atoms with E-state index in [0.29, 0.717) is 6.61 Å². The zero-order valence-corrected chi connectivity index (χ0v) is 14.2. The van der Waals surface area contributed by atoms with Crippen LogP contribution in [-0.4, -0.2) is 22.8 Å². The topological polar surface area (TPSA) is 57.5 Å². The van der Waals surface area contributed by atoms with Gasteiger partial charge in [-0.2, -0.15) is 0 Å². The molecule has 0 aromatic heterocycles. The lowest BCUT2D eigenvalue weighted by molar-refractivity contribution is -0.137. The van der Waals surface area contributed by atoms with Gasteiger partial charge in [0.2, 0.25) is 0 Å². The number of carboxylic acid groups (broad SMARTS) is 1. The molecule has 0 heterocycles. The van der Waals surface area contributed by atoms with Crippen molar-refractivity contribution in [3.05, 3.63) is 48.6 Å². The Hall–Kier alpha value is -1.61. The first-order valence-electron chi connectivity index (χ1n) is 8.71. The molecule has 0 saturated heterocycles. The number of hydrogen-bond donors (Lipinski definition) is 2. The zero-order valence-electron chi connectivity index (χ0n) is 14.2. The summed E-state index contributed by atoms with van der Waals surface area (Å²) >= 11 is 0. The Morgan fingerprint density at radius 3 is 2.04 bits per heavy atom. The summed E-state index contributed by atoms with van der Waals surface area (Å²) in [5.74, 6) is -0.711. The number of carbonyl (C=O) groups is 1. The van der Waals surface area contributed by atoms with Gasteiger partial charge in [0.15, 0.2) is 0 Å². The van der Waals surface area contributed by atoms with Crippen LogP contribution in [0.4, 0.5) is 0 Å². The lowest BCUT2D eigenvalue weighted by atomic mass is 10.2. The predicted molar refractivity (Wildman–Crippen MR) is 97.5 cm³/mol. The maximum atomic E-state index is 10.3. The van der Waals surface area contributed by atoms with Gasteiger partial charge < -0.3 is 10.2 Å². The Kier molecular flexibility index (Phi) is 17.1. The maximum Gasteiger partial charge on any atom is 0.303 e. The molecule has 23 heavy (non-hydrogen) atoms. The average Bonchev–Trinajstić information content (AvgIpc) is 2.53. The molecule has 3 heteroatoms. The summed E-state index contributed by atoms with van der Waals surface area (Å²) in [5.41, 5.74) is 0. The van der Waals surface area contributed by atoms with E-state index in [0.717, 1.165) is 57.8 Å². The molecule has 0 aliphatic heterocycles. The van der Waals surface area contributed by atoms with Crippen molar-refractivity contribution in [3.63, 3.8) is 0 Å². The van der Waals surface area contributed by atoms with Crippen molar-refractivity contribution in [2.45, 2.75) is 64.2 Å². The second-order valence-corrected chi connectivity index (χ2v) is 5.48. The number of aliphatic carboxylic acids is 1. The van der Waals surface area contributed by atoms with E-state index in [4.69, 9.17) is 10.2 Å². The molecule has 0 fully saturated rings. The van der Waals surface area contributed by atoms with Gasteiger partial charge in [-0.05, 0) is 51.4 Å². The highest BCUT2D eigenvalue weighted by atomic mass is 16.4. The summed E-state index contributed by atoms with van der Waals surface area (Å²) in [6.07, 6.45) is 26.1. The summed E-state index contributed by atoms with van der Waals surface area (Å²) < 4.78 is 0. The summed E-state index contributed by atoms with van der Waals surface area (Å²) in [6.45, 7) is 0.305. The van der Waals surface area contributed by atoms with Crippen molar-refractivity contribution in [1.82, 2.24) is 0 Å². The van der Waals surface area contributed by atoms with E-state index >= 15 is 0 Å². The minimum absolute atomic E-state index is 0.269. The molecule has 0 bridgehead atoms. The van der Waals surface area contributed by atoms with Crippen LogP contribution in [0, 0.1) is 0 Å². The van der Waals surface area contributed by atoms with Crippen LogP contribution in [0.3, 0.4) is 0 Å². The Morgan fingerprint density at radius 2 is 1.30 bits per heavy atom. The van der Waals surface area contributed by atoms with Gasteiger partial charge in [0.05, 0.1) is 0 Å². The fourth-order valence-corrected chi connectivity index (χ4v) is 1.98. The molecule has 0 aromatic carbocycles. The highest BCUT2D eigenvalue weighted by molar-refractivity contribution is 5.66. The third-order valence-corrected chi connectivity index (χ3v) is 3.30. The van der Waals surface area contributed by atoms with Crippen LogP contribution in [0.15, 0.2) is 48.6 Å². The number of aliphatic hydroxyl groups is 1. The van der Waals surface area contributed by atoms with E-state index in [1.807, 2.05) is 12.2 Å². The van der Waals surface area contributed by atoms with Crippen molar-refractivity contribution in [2.24, 2.45) is 0 Å². The minimum atomic E-state index is -0.711. The van der Waals surface area contributed by atoms with Crippen LogP contribution in [0.5, 0.6) is 0 Å². The fraction of sp³-hybridized carbons (Fsp3) is 0.550. The summed E-state index contributed by atoms with van der Waals surface area (Å²) in [4.78, 5) is 10.3. The second-order valence-electron chi connectivity index (χ2n) is 5.48. The lowest BCUT2D eigenvalue weighted by Crippen LogP contribution is -1.92. The minimum Gasteiger partial charge on any atom is -0.481 e. The number of carboxylic acids is 1. The molecule has 3 nitrogen and oxygen atoms in total. The first-order valence-corrected chi connectivity index (χ1v) is 8.71. The van der Waals surface area contributed by atoms with Crippen LogP contribution < -0.4 is 0 Å². The van der Waals surface area contributed by atoms with E-state index in [-0.39, 0.29) is 6.42 Å². The summed E-state index contributed by atoms with van der Waals surface area (Å²) in [6, 6.07) is 0. The van der Waals surface area contributed by atoms with Gasteiger partial charge in [-0.3, -0.25) is 4.79 Å². The van der Waals surface area contributed by atoms with Gasteiger partial charge in [-0.1, -0.05) is 55.0 Å². The molecule has 0 radical (unpaired) electrons. The number of hydrogen-bond acceptors (Lipinski definition) is 2. The molecule has 0 aliphatic carbocycles. The largest absolute Gasteiger partial charge is 0.481 e. The monoisotopic (exact) mass is 320 g/mol. The first kappa shape index (κ1) is 21.4. The van der Waals surface area contributed by atoms with Crippen LogP contribution >= 0.6 is 0 Å². The molecular weight excluding hydrogens is 288 g/mol. The molecule has 0 atom stereocenters. The van der Waals surface area contributed by atoms with Crippen molar-refractivity contribution in [3.8, 4) is 0 Å². The Morgan fingerprint density at radius 1 is 0.696 bits per heavy atom. The number of allylic oxidation sites excluding steroid dienone is 8. The van der Waals surface area contributed by atoms with E-state index in [1.54, 1.807) is 0 Å². The van der Waals surface area contributed by atoms with Crippen molar-refractivity contribution in [1.29, 1.82) is 0 Å². The average molecular weight is 320 g/mol. The molecule has 0 unspecified atom stereocenters. The van der Waals surface area contributed by atoms with Gasteiger partial charge in [0.25, 0.3) is 0 Å². The van der Waals surface area contributed by atoms with E-state index < -0.39 is 5.97 Å². The highest BCUT2D eigenvalue weighted by Crippen LogP contribution is 2.02. The Balaban J connectivity index is 3.40. The van der Waals surface area contributed by atoms with Crippen LogP contribution in [-0.2, 0) is 4.79 Å². The van der Waals surface area contributed by atoms with E-state index in [2.05, 4.69) is 36.5 Å². The molecule has 2 N–H and O–H groups in total. The Bertz CT molecular complexity index is 378. The molecule has 0 rings (SSSR count). The van der Waals surface area contributed by atoms with Crippen molar-refractivity contribution in [2.75, 3.05) is 6.61 Å². The molecule has 0 aromatic rings. The van der Waals surface area contributed by atoms with Crippen molar-refractivity contribution < 1.29 is 15.0 Å². The molecule has 0 saturated carbocycles. The SMILES string of the molecule is O=C(O)CCCCC=CC=CCC=CCC=CCCCCCO. The third-order valence-electron chi connectivity index (χ3n) is 3.30. The second kappa shape index (κ2) is 18.4. The normalized spacial score (nSPS) is 12.4. The lowest BCUT2D eigenvalue weighted by Gasteiger charge is -1.93. The molecule has 0 aliphatic rings. The summed E-state index contributed by atoms with van der Waals surface area (Å²) in [7, 11) is 0. The van der Waals surface area contributed by atoms with Crippen LogP contribution in [0.1, 0.15) is 64.2 Å². The highest BCUT2D eigenvalue weighted by Gasteiger charge is 1.93. The van der Waals surface area contributed by atoms with Crippen molar-refractivity contribution >= 4 is 5.97 Å². The summed E-state index contributed by atoms with van der Waals surface area (Å²) in [5, 5.41) is 17.2. The van der Waals surface area contributed by atoms with Crippen LogP contribution in [0.2, 0.25) is 0 Å². The zero-order chi connectivity index (χ0) is 17.0. The van der Waals surface area contributed by atoms with Gasteiger partial charge >= 0.3 is 5.97 Å². The molecular formula is C20H32O3. The quantitative estimate of drug-likeness (QED) is 0.248. The number of unbranched alkanes of at least 4 members (excludes halogenated alkanes) is 5. The predicted octanol–water partition coefficient (Wildman–Crippen LogP) is 5.19. The Labute approximate surface area is 141 Å². The van der Waals surface area contributed by atoms with Crippen LogP contribution in [0.25, 0.3) is 0 Å². The van der Waals surface area contributed by atoms with E-state index in [9.17, 15) is 4.79 Å². The molecule has 130 valence electrons. The molecule has 0 amide bonds. The van der Waals surface area contributed by atoms with Gasteiger partial charge in [0, 0.05) is 13.0 Å². The van der Waals surface area contributed by atoms with Gasteiger partial charge in [-0.15, -0.1) is 0 Å². The first-order chi connectivity index (χ1) is 11.3. The molecule has 0 spiro atoms. The fourth-order valence-electron chi connectivity index (χ4n) is 1.98. The third kappa shape index (κ3) is 20.4. The smallest absolute Gasteiger partial charge is 0.303 e. The standard InChI is InChI=1S/C20H32O3/c21-19-17-15-13-11-9-7-5-3-1-2-4-6-8-10-12-14-16-18-20(22)23/h1,3-4,6-10,21H,2,5,11-19H2,(H,22,23). The number of rotatable bonds is 15. The maximum absolute atomic E-state index is 10.3.